The van der Waals surface area contributed by atoms with Crippen LogP contribution in [0.5, 0.6) is 0 Å². The zero-order valence-corrected chi connectivity index (χ0v) is 11.1. The molecule has 0 aliphatic carbocycles. The van der Waals surface area contributed by atoms with E-state index in [4.69, 9.17) is 10.3 Å². The van der Waals surface area contributed by atoms with Crippen LogP contribution >= 0.6 is 11.8 Å². The second-order valence-electron chi connectivity index (χ2n) is 3.99. The fourth-order valence-electron chi connectivity index (χ4n) is 1.51. The highest BCUT2D eigenvalue weighted by atomic mass is 32.2. The number of nitrogens with zero attached hydrogens (tertiary/aromatic N) is 3. The number of thioether (sulfide) groups is 1. The van der Waals surface area contributed by atoms with Crippen LogP contribution in [-0.2, 0) is 12.2 Å². The Kier molecular flexibility index (Phi) is 4.77. The van der Waals surface area contributed by atoms with Crippen LogP contribution in [0.2, 0.25) is 0 Å². The molecule has 0 amide bonds. The van der Waals surface area contributed by atoms with Crippen molar-refractivity contribution >= 4 is 11.8 Å². The SMILES string of the molecule is CCCSCc1noc([C@H](N)Cc2cnc[nH]2)n1. The van der Waals surface area contributed by atoms with Crippen molar-refractivity contribution < 1.29 is 4.52 Å². The van der Waals surface area contributed by atoms with Crippen molar-refractivity contribution in [2.75, 3.05) is 5.75 Å². The molecule has 2 aromatic rings. The van der Waals surface area contributed by atoms with Gasteiger partial charge in [0.1, 0.15) is 0 Å². The molecule has 98 valence electrons. The van der Waals surface area contributed by atoms with E-state index in [1.165, 1.54) is 0 Å². The molecule has 0 aliphatic rings. The minimum atomic E-state index is -0.289. The van der Waals surface area contributed by atoms with Gasteiger partial charge in [-0.2, -0.15) is 16.7 Å². The third-order valence-electron chi connectivity index (χ3n) is 2.38. The average Bonchev–Trinajstić information content (AvgIpc) is 3.00. The van der Waals surface area contributed by atoms with E-state index in [-0.39, 0.29) is 6.04 Å². The molecule has 0 bridgehead atoms. The third-order valence-corrected chi connectivity index (χ3v) is 3.53. The summed E-state index contributed by atoms with van der Waals surface area (Å²) in [5.74, 6) is 3.07. The number of hydrogen-bond donors (Lipinski definition) is 2. The molecule has 2 rings (SSSR count). The number of imidazole rings is 1. The predicted octanol–water partition coefficient (Wildman–Crippen LogP) is 1.68. The van der Waals surface area contributed by atoms with Gasteiger partial charge in [-0.1, -0.05) is 12.1 Å². The van der Waals surface area contributed by atoms with Crippen LogP contribution in [0, 0.1) is 0 Å². The Balaban J connectivity index is 1.88. The maximum absolute atomic E-state index is 6.00. The highest BCUT2D eigenvalue weighted by molar-refractivity contribution is 7.98. The molecule has 0 saturated heterocycles. The maximum atomic E-state index is 6.00. The van der Waals surface area contributed by atoms with Gasteiger partial charge in [0.25, 0.3) is 0 Å². The van der Waals surface area contributed by atoms with Crippen molar-refractivity contribution in [2.24, 2.45) is 5.73 Å². The molecule has 2 aromatic heterocycles. The van der Waals surface area contributed by atoms with Crippen LogP contribution in [0.15, 0.2) is 17.0 Å². The first kappa shape index (κ1) is 13.1. The Morgan fingerprint density at radius 3 is 3.17 bits per heavy atom. The van der Waals surface area contributed by atoms with Gasteiger partial charge in [-0.3, -0.25) is 0 Å². The summed E-state index contributed by atoms with van der Waals surface area (Å²) in [5, 5.41) is 3.93. The number of rotatable bonds is 7. The fraction of sp³-hybridized carbons (Fsp3) is 0.545. The molecule has 1 atom stereocenters. The van der Waals surface area contributed by atoms with Gasteiger partial charge in [0.05, 0.1) is 18.1 Å². The summed E-state index contributed by atoms with van der Waals surface area (Å²) in [4.78, 5) is 11.2. The molecule has 7 heteroatoms. The molecule has 0 unspecified atom stereocenters. The molecule has 18 heavy (non-hydrogen) atoms. The minimum Gasteiger partial charge on any atom is -0.348 e. The smallest absolute Gasteiger partial charge is 0.243 e. The van der Waals surface area contributed by atoms with Crippen LogP contribution in [0.4, 0.5) is 0 Å². The minimum absolute atomic E-state index is 0.289. The number of nitrogens with one attached hydrogen (secondary N) is 1. The van der Waals surface area contributed by atoms with Crippen molar-refractivity contribution in [1.29, 1.82) is 0 Å². The van der Waals surface area contributed by atoms with Gasteiger partial charge in [-0.25, -0.2) is 4.98 Å². The highest BCUT2D eigenvalue weighted by Gasteiger charge is 2.15. The molecular formula is C11H17N5OS. The fourth-order valence-corrected chi connectivity index (χ4v) is 2.24. The molecule has 0 radical (unpaired) electrons. The lowest BCUT2D eigenvalue weighted by atomic mass is 10.2. The molecule has 0 fully saturated rings. The van der Waals surface area contributed by atoms with Gasteiger partial charge in [-0.05, 0) is 12.2 Å². The number of hydrogen-bond acceptors (Lipinski definition) is 6. The lowest BCUT2D eigenvalue weighted by Gasteiger charge is -2.03. The van der Waals surface area contributed by atoms with Gasteiger partial charge in [0, 0.05) is 18.3 Å². The molecule has 3 N–H and O–H groups in total. The zero-order chi connectivity index (χ0) is 12.8. The van der Waals surface area contributed by atoms with Gasteiger partial charge < -0.3 is 15.2 Å². The first-order valence-corrected chi connectivity index (χ1v) is 7.08. The van der Waals surface area contributed by atoms with E-state index in [2.05, 4.69) is 27.0 Å². The van der Waals surface area contributed by atoms with E-state index in [1.807, 2.05) is 0 Å². The monoisotopic (exact) mass is 267 g/mol. The Morgan fingerprint density at radius 2 is 2.44 bits per heavy atom. The Bertz CT molecular complexity index is 456. The van der Waals surface area contributed by atoms with Crippen LogP contribution in [-0.4, -0.2) is 25.9 Å². The summed E-state index contributed by atoms with van der Waals surface area (Å²) in [5.41, 5.74) is 6.96. The number of H-pyrrole nitrogens is 1. The van der Waals surface area contributed by atoms with Crippen molar-refractivity contribution in [3.8, 4) is 0 Å². The molecular weight excluding hydrogens is 250 g/mol. The molecule has 0 aromatic carbocycles. The average molecular weight is 267 g/mol. The molecule has 0 spiro atoms. The van der Waals surface area contributed by atoms with E-state index < -0.39 is 0 Å². The van der Waals surface area contributed by atoms with Crippen LogP contribution < -0.4 is 5.73 Å². The molecule has 0 saturated carbocycles. The summed E-state index contributed by atoms with van der Waals surface area (Å²) in [6.45, 7) is 2.15. The highest BCUT2D eigenvalue weighted by Crippen LogP contribution is 2.15. The van der Waals surface area contributed by atoms with Gasteiger partial charge in [0.15, 0.2) is 5.82 Å². The van der Waals surface area contributed by atoms with Crippen LogP contribution in [0.3, 0.4) is 0 Å². The van der Waals surface area contributed by atoms with Crippen molar-refractivity contribution in [3.05, 3.63) is 29.9 Å². The molecule has 2 heterocycles. The van der Waals surface area contributed by atoms with E-state index in [0.29, 0.717) is 18.1 Å². The Hall–Kier alpha value is -1.34. The van der Waals surface area contributed by atoms with Crippen molar-refractivity contribution in [2.45, 2.75) is 31.6 Å². The third kappa shape index (κ3) is 3.58. The van der Waals surface area contributed by atoms with Crippen molar-refractivity contribution in [3.63, 3.8) is 0 Å². The Labute approximate surface area is 110 Å². The van der Waals surface area contributed by atoms with E-state index in [1.54, 1.807) is 24.3 Å². The lowest BCUT2D eigenvalue weighted by Crippen LogP contribution is -2.14. The van der Waals surface area contributed by atoms with Crippen LogP contribution in [0.25, 0.3) is 0 Å². The van der Waals surface area contributed by atoms with Gasteiger partial charge in [-0.15, -0.1) is 0 Å². The summed E-state index contributed by atoms with van der Waals surface area (Å²) in [7, 11) is 0. The van der Waals surface area contributed by atoms with Crippen LogP contribution in [0.1, 0.15) is 36.8 Å². The van der Waals surface area contributed by atoms with Gasteiger partial charge in [0.2, 0.25) is 5.89 Å². The normalized spacial score (nSPS) is 12.8. The topological polar surface area (TPSA) is 93.6 Å². The number of aromatic nitrogens is 4. The van der Waals surface area contributed by atoms with E-state index in [0.717, 1.165) is 23.6 Å². The summed E-state index contributed by atoms with van der Waals surface area (Å²) < 4.78 is 5.17. The summed E-state index contributed by atoms with van der Waals surface area (Å²) in [6, 6.07) is -0.289. The predicted molar refractivity (Wildman–Crippen MR) is 70.0 cm³/mol. The maximum Gasteiger partial charge on any atom is 0.243 e. The Morgan fingerprint density at radius 1 is 1.56 bits per heavy atom. The number of aromatic amines is 1. The van der Waals surface area contributed by atoms with E-state index in [9.17, 15) is 0 Å². The van der Waals surface area contributed by atoms with Crippen molar-refractivity contribution in [1.82, 2.24) is 20.1 Å². The second kappa shape index (κ2) is 6.55. The first-order valence-electron chi connectivity index (χ1n) is 5.92. The molecule has 6 nitrogen and oxygen atoms in total. The standard InChI is InChI=1S/C11H17N5OS/c1-2-3-18-6-10-15-11(17-16-10)9(12)4-8-5-13-7-14-8/h5,7,9H,2-4,6,12H2,1H3,(H,13,14)/t9-/m1/s1. The summed E-state index contributed by atoms with van der Waals surface area (Å²) in [6.07, 6.45) is 5.13. The number of nitrogens with two attached hydrogens (primary N) is 1. The summed E-state index contributed by atoms with van der Waals surface area (Å²) >= 11 is 1.79. The largest absolute Gasteiger partial charge is 0.348 e. The quantitative estimate of drug-likeness (QED) is 0.741. The molecule has 0 aliphatic heterocycles. The zero-order valence-electron chi connectivity index (χ0n) is 10.3. The van der Waals surface area contributed by atoms with Gasteiger partial charge >= 0.3 is 0 Å². The second-order valence-corrected chi connectivity index (χ2v) is 5.09. The lowest BCUT2D eigenvalue weighted by molar-refractivity contribution is 0.350. The first-order chi connectivity index (χ1) is 8.79. The van der Waals surface area contributed by atoms with E-state index >= 15 is 0 Å².